The summed E-state index contributed by atoms with van der Waals surface area (Å²) < 4.78 is 10.2. The van der Waals surface area contributed by atoms with Crippen molar-refractivity contribution >= 4 is 40.0 Å². The molecule has 2 heterocycles. The molecule has 0 spiro atoms. The number of rotatable bonds is 7. The van der Waals surface area contributed by atoms with Crippen LogP contribution in [0.2, 0.25) is 0 Å². The lowest BCUT2D eigenvalue weighted by molar-refractivity contribution is -0.145. The number of pyridine rings is 1. The van der Waals surface area contributed by atoms with Crippen LogP contribution in [-0.4, -0.2) is 29.8 Å². The maximum absolute atomic E-state index is 12.3. The number of nitrogens with zero attached hydrogens (tertiary/aromatic N) is 1. The summed E-state index contributed by atoms with van der Waals surface area (Å²) in [6.45, 7) is 3.57. The third-order valence-electron chi connectivity index (χ3n) is 4.56. The number of methoxy groups -OCH3 is 1. The third-order valence-corrected chi connectivity index (χ3v) is 5.60. The summed E-state index contributed by atoms with van der Waals surface area (Å²) >= 11 is 1.41. The van der Waals surface area contributed by atoms with E-state index in [1.807, 2.05) is 44.2 Å². The predicted octanol–water partition coefficient (Wildman–Crippen LogP) is 4.41. The number of hydrogen-bond donors (Lipinski definition) is 0. The van der Waals surface area contributed by atoms with Crippen LogP contribution in [0.25, 0.3) is 10.9 Å². The molecule has 1 aromatic carbocycles. The van der Waals surface area contributed by atoms with Gasteiger partial charge in [-0.2, -0.15) is 0 Å². The highest BCUT2D eigenvalue weighted by molar-refractivity contribution is 7.14. The fourth-order valence-electron chi connectivity index (χ4n) is 3.06. The fourth-order valence-corrected chi connectivity index (χ4v) is 3.90. The Morgan fingerprint density at radius 2 is 1.79 bits per heavy atom. The SMILES string of the molecule is COC(=O)c1c(COC(=O)CCC(=O)c2ccc(C)s2)nc2ccccc2c1C. The van der Waals surface area contributed by atoms with E-state index in [9.17, 15) is 14.4 Å². The van der Waals surface area contributed by atoms with E-state index in [-0.39, 0.29) is 25.2 Å². The minimum atomic E-state index is -0.532. The molecule has 0 aliphatic rings. The van der Waals surface area contributed by atoms with Crippen molar-refractivity contribution in [1.29, 1.82) is 0 Å². The summed E-state index contributed by atoms with van der Waals surface area (Å²) in [6.07, 6.45) is 0.0444. The molecule has 150 valence electrons. The second kappa shape index (κ2) is 8.96. The minimum Gasteiger partial charge on any atom is -0.465 e. The Morgan fingerprint density at radius 3 is 2.48 bits per heavy atom. The lowest BCUT2D eigenvalue weighted by Crippen LogP contribution is -2.14. The number of Topliss-reactive ketones (excluding diaryl/α,β-unsaturated/α-hetero) is 1. The number of thiophene rings is 1. The number of aromatic nitrogens is 1. The van der Waals surface area contributed by atoms with Gasteiger partial charge < -0.3 is 9.47 Å². The molecule has 7 heteroatoms. The molecule has 0 aliphatic heterocycles. The normalized spacial score (nSPS) is 10.7. The number of fused-ring (bicyclic) bond motifs is 1. The van der Waals surface area contributed by atoms with Crippen LogP contribution < -0.4 is 0 Å². The summed E-state index contributed by atoms with van der Waals surface area (Å²) in [5, 5.41) is 0.833. The maximum atomic E-state index is 12.3. The summed E-state index contributed by atoms with van der Waals surface area (Å²) in [6, 6.07) is 11.1. The van der Waals surface area contributed by atoms with Gasteiger partial charge in [0.2, 0.25) is 0 Å². The Bertz CT molecular complexity index is 1090. The van der Waals surface area contributed by atoms with Gasteiger partial charge in [-0.25, -0.2) is 9.78 Å². The molecule has 0 radical (unpaired) electrons. The van der Waals surface area contributed by atoms with E-state index in [1.165, 1.54) is 18.4 Å². The Labute approximate surface area is 172 Å². The highest BCUT2D eigenvalue weighted by atomic mass is 32.1. The first-order valence-electron chi connectivity index (χ1n) is 9.12. The molecule has 3 rings (SSSR count). The molecule has 0 unspecified atom stereocenters. The first-order valence-corrected chi connectivity index (χ1v) is 9.94. The topological polar surface area (TPSA) is 82.6 Å². The van der Waals surface area contributed by atoms with E-state index < -0.39 is 11.9 Å². The molecule has 0 atom stereocenters. The van der Waals surface area contributed by atoms with Crippen LogP contribution in [0.1, 0.15) is 49.0 Å². The number of carbonyl (C=O) groups is 3. The third kappa shape index (κ3) is 4.68. The van der Waals surface area contributed by atoms with Gasteiger partial charge in [0.05, 0.1) is 35.2 Å². The number of aryl methyl sites for hydroxylation is 2. The summed E-state index contributed by atoms with van der Waals surface area (Å²) in [4.78, 5) is 42.7. The lowest BCUT2D eigenvalue weighted by Gasteiger charge is -2.13. The summed E-state index contributed by atoms with van der Waals surface area (Å²) in [7, 11) is 1.30. The summed E-state index contributed by atoms with van der Waals surface area (Å²) in [5.41, 5.74) is 2.05. The quantitative estimate of drug-likeness (QED) is 0.423. The van der Waals surface area contributed by atoms with Gasteiger partial charge in [0.1, 0.15) is 6.61 Å². The van der Waals surface area contributed by atoms with E-state index >= 15 is 0 Å². The molecule has 6 nitrogen and oxygen atoms in total. The highest BCUT2D eigenvalue weighted by Crippen LogP contribution is 2.24. The molecule has 0 saturated carbocycles. The van der Waals surface area contributed by atoms with Crippen LogP contribution in [0.5, 0.6) is 0 Å². The lowest BCUT2D eigenvalue weighted by atomic mass is 10.0. The number of benzene rings is 1. The van der Waals surface area contributed by atoms with Crippen molar-refractivity contribution in [3.8, 4) is 0 Å². The van der Waals surface area contributed by atoms with Crippen LogP contribution in [0.15, 0.2) is 36.4 Å². The molecule has 3 aromatic rings. The van der Waals surface area contributed by atoms with E-state index in [0.29, 0.717) is 21.7 Å². The van der Waals surface area contributed by atoms with E-state index in [4.69, 9.17) is 9.47 Å². The van der Waals surface area contributed by atoms with Crippen molar-refractivity contribution < 1.29 is 23.9 Å². The van der Waals surface area contributed by atoms with Gasteiger partial charge in [-0.1, -0.05) is 18.2 Å². The molecule has 0 amide bonds. The maximum Gasteiger partial charge on any atom is 0.340 e. The number of ether oxygens (including phenoxy) is 2. The van der Waals surface area contributed by atoms with E-state index in [2.05, 4.69) is 4.98 Å². The molecule has 2 aromatic heterocycles. The number of esters is 2. The zero-order chi connectivity index (χ0) is 21.0. The molecule has 0 N–H and O–H groups in total. The molecule has 0 saturated heterocycles. The van der Waals surface area contributed by atoms with Crippen molar-refractivity contribution in [2.45, 2.75) is 33.3 Å². The zero-order valence-electron chi connectivity index (χ0n) is 16.5. The van der Waals surface area contributed by atoms with Crippen LogP contribution >= 0.6 is 11.3 Å². The Morgan fingerprint density at radius 1 is 1.03 bits per heavy atom. The minimum absolute atomic E-state index is 0.0318. The summed E-state index contributed by atoms with van der Waals surface area (Å²) in [5.74, 6) is -1.14. The van der Waals surface area contributed by atoms with Gasteiger partial charge in [0.15, 0.2) is 5.78 Å². The first-order chi connectivity index (χ1) is 13.9. The van der Waals surface area contributed by atoms with Crippen LogP contribution in [0, 0.1) is 13.8 Å². The van der Waals surface area contributed by atoms with Crippen molar-refractivity contribution in [3.05, 3.63) is 63.0 Å². The van der Waals surface area contributed by atoms with Crippen LogP contribution in [0.3, 0.4) is 0 Å². The van der Waals surface area contributed by atoms with Crippen LogP contribution in [0.4, 0.5) is 0 Å². The molecule has 0 fully saturated rings. The van der Waals surface area contributed by atoms with Crippen molar-refractivity contribution in [2.75, 3.05) is 7.11 Å². The first kappa shape index (κ1) is 20.7. The second-order valence-corrected chi connectivity index (χ2v) is 7.85. The molecule has 0 bridgehead atoms. The highest BCUT2D eigenvalue weighted by Gasteiger charge is 2.20. The Balaban J connectivity index is 1.71. The molecular weight excluding hydrogens is 390 g/mol. The van der Waals surface area contributed by atoms with Gasteiger partial charge in [-0.15, -0.1) is 11.3 Å². The van der Waals surface area contributed by atoms with Crippen molar-refractivity contribution in [1.82, 2.24) is 4.98 Å². The molecule has 29 heavy (non-hydrogen) atoms. The van der Waals surface area contributed by atoms with Gasteiger partial charge >= 0.3 is 11.9 Å². The average Bonchev–Trinajstić information content (AvgIpc) is 3.16. The van der Waals surface area contributed by atoms with E-state index in [1.54, 1.807) is 6.07 Å². The fraction of sp³-hybridized carbons (Fsp3) is 0.273. The standard InChI is InChI=1S/C22H21NO5S/c1-13-8-10-19(29-13)18(24)9-11-20(25)28-12-17-21(22(26)27-3)14(2)15-6-4-5-7-16(15)23-17/h4-8,10H,9,11-12H2,1-3H3. The van der Waals surface area contributed by atoms with Gasteiger partial charge in [-0.3, -0.25) is 9.59 Å². The Kier molecular flexibility index (Phi) is 6.39. The number of carbonyl (C=O) groups excluding carboxylic acids is 3. The van der Waals surface area contributed by atoms with Gasteiger partial charge in [0.25, 0.3) is 0 Å². The van der Waals surface area contributed by atoms with E-state index in [0.717, 1.165) is 15.8 Å². The molecular formula is C22H21NO5S. The largest absolute Gasteiger partial charge is 0.465 e. The average molecular weight is 411 g/mol. The van der Waals surface area contributed by atoms with Gasteiger partial charge in [0, 0.05) is 16.7 Å². The number of ketones is 1. The van der Waals surface area contributed by atoms with Crippen molar-refractivity contribution in [2.24, 2.45) is 0 Å². The van der Waals surface area contributed by atoms with Crippen LogP contribution in [-0.2, 0) is 20.9 Å². The predicted molar refractivity (Wildman–Crippen MR) is 110 cm³/mol. The number of para-hydroxylation sites is 1. The van der Waals surface area contributed by atoms with Crippen molar-refractivity contribution in [3.63, 3.8) is 0 Å². The number of hydrogen-bond acceptors (Lipinski definition) is 7. The second-order valence-electron chi connectivity index (χ2n) is 6.56. The Hall–Kier alpha value is -3.06. The monoisotopic (exact) mass is 411 g/mol. The smallest absolute Gasteiger partial charge is 0.340 e. The van der Waals surface area contributed by atoms with Gasteiger partial charge in [-0.05, 0) is 37.6 Å². The zero-order valence-corrected chi connectivity index (χ0v) is 17.3. The molecule has 0 aliphatic carbocycles.